The van der Waals surface area contributed by atoms with Crippen molar-refractivity contribution in [3.05, 3.63) is 74.8 Å². The molecule has 1 heterocycles. The number of nitro groups is 1. The van der Waals surface area contributed by atoms with Gasteiger partial charge in [0.1, 0.15) is 0 Å². The quantitative estimate of drug-likeness (QED) is 0.446. The van der Waals surface area contributed by atoms with Gasteiger partial charge in [-0.1, -0.05) is 29.8 Å². The Labute approximate surface area is 159 Å². The highest BCUT2D eigenvalue weighted by atomic mass is 35.5. The number of amides is 3. The van der Waals surface area contributed by atoms with E-state index >= 15 is 0 Å². The van der Waals surface area contributed by atoms with E-state index in [1.807, 2.05) is 0 Å². The van der Waals surface area contributed by atoms with Crippen LogP contribution in [0.25, 0.3) is 0 Å². The lowest BCUT2D eigenvalue weighted by Gasteiger charge is -2.30. The summed E-state index contributed by atoms with van der Waals surface area (Å²) in [5.41, 5.74) is 0.202. The van der Waals surface area contributed by atoms with Gasteiger partial charge in [0.25, 0.3) is 11.6 Å². The molecule has 0 atom stereocenters. The summed E-state index contributed by atoms with van der Waals surface area (Å²) in [6, 6.07) is 11.8. The molecule has 9 heteroatoms. The van der Waals surface area contributed by atoms with Crippen LogP contribution in [0.5, 0.6) is 0 Å². The third kappa shape index (κ3) is 3.80. The average molecular weight is 388 g/mol. The fourth-order valence-electron chi connectivity index (χ4n) is 2.79. The molecule has 0 aromatic heterocycles. The second-order valence-electron chi connectivity index (χ2n) is 5.85. The van der Waals surface area contributed by atoms with Crippen molar-refractivity contribution in [1.82, 2.24) is 10.0 Å². The van der Waals surface area contributed by atoms with Gasteiger partial charge >= 0.3 is 0 Å². The topological polar surface area (TPSA) is 101 Å². The maximum absolute atomic E-state index is 13.0. The molecule has 8 nitrogen and oxygen atoms in total. The van der Waals surface area contributed by atoms with E-state index in [9.17, 15) is 24.5 Å². The normalized spacial score (nSPS) is 13.7. The molecule has 2 aromatic carbocycles. The third-order valence-corrected chi connectivity index (χ3v) is 4.35. The number of para-hydroxylation sites is 1. The first-order chi connectivity index (χ1) is 12.9. The summed E-state index contributed by atoms with van der Waals surface area (Å²) in [4.78, 5) is 48.0. The number of imide groups is 1. The van der Waals surface area contributed by atoms with Gasteiger partial charge in [-0.2, -0.15) is 5.01 Å². The van der Waals surface area contributed by atoms with E-state index < -0.39 is 22.6 Å². The van der Waals surface area contributed by atoms with E-state index in [1.54, 1.807) is 6.07 Å². The Morgan fingerprint density at radius 3 is 2.26 bits per heavy atom. The largest absolute Gasteiger partial charge is 0.274 e. The van der Waals surface area contributed by atoms with Crippen molar-refractivity contribution in [2.75, 3.05) is 0 Å². The molecule has 2 aromatic rings. The smallest absolute Gasteiger partial charge is 0.273 e. The minimum absolute atomic E-state index is 0.0138. The Hall–Kier alpha value is -3.26. The van der Waals surface area contributed by atoms with Crippen LogP contribution in [-0.4, -0.2) is 32.7 Å². The van der Waals surface area contributed by atoms with Crippen molar-refractivity contribution in [2.24, 2.45) is 0 Å². The van der Waals surface area contributed by atoms with Gasteiger partial charge in [-0.25, -0.2) is 5.01 Å². The van der Waals surface area contributed by atoms with Gasteiger partial charge in [0.05, 0.1) is 17.0 Å². The standard InChI is InChI=1S/C18H14ClN3O5/c19-14-7-5-12(6-8-14)18(25)20(21-16(23)9-10-17(21)24)11-13-3-1-2-4-15(13)22(26)27/h1-8H,9-11H2. The molecule has 1 saturated heterocycles. The Kier molecular flexibility index (Phi) is 5.18. The van der Waals surface area contributed by atoms with E-state index in [1.165, 1.54) is 42.5 Å². The molecule has 0 aliphatic carbocycles. The van der Waals surface area contributed by atoms with Crippen molar-refractivity contribution < 1.29 is 19.3 Å². The fourth-order valence-corrected chi connectivity index (χ4v) is 2.92. The highest BCUT2D eigenvalue weighted by Gasteiger charge is 2.37. The first kappa shape index (κ1) is 18.5. The average Bonchev–Trinajstić information content (AvgIpc) is 2.98. The zero-order valence-corrected chi connectivity index (χ0v) is 14.8. The number of hydrogen-bond donors (Lipinski definition) is 0. The van der Waals surface area contributed by atoms with Gasteiger partial charge in [0.2, 0.25) is 11.8 Å². The van der Waals surface area contributed by atoms with Crippen molar-refractivity contribution in [3.8, 4) is 0 Å². The van der Waals surface area contributed by atoms with Crippen LogP contribution in [0.1, 0.15) is 28.8 Å². The lowest BCUT2D eigenvalue weighted by molar-refractivity contribution is -0.385. The van der Waals surface area contributed by atoms with Crippen molar-refractivity contribution in [3.63, 3.8) is 0 Å². The highest BCUT2D eigenvalue weighted by Crippen LogP contribution is 2.25. The summed E-state index contributed by atoms with van der Waals surface area (Å²) in [6.07, 6.45) is -0.0276. The Balaban J connectivity index is 2.02. The number of nitro benzene ring substituents is 1. The summed E-state index contributed by atoms with van der Waals surface area (Å²) < 4.78 is 0. The molecule has 1 aliphatic rings. The van der Waals surface area contributed by atoms with Crippen LogP contribution in [0.4, 0.5) is 5.69 Å². The van der Waals surface area contributed by atoms with Crippen molar-refractivity contribution in [1.29, 1.82) is 0 Å². The van der Waals surface area contributed by atoms with Crippen LogP contribution >= 0.6 is 11.6 Å². The van der Waals surface area contributed by atoms with Gasteiger partial charge < -0.3 is 0 Å². The SMILES string of the molecule is O=C(c1ccc(Cl)cc1)N(Cc1ccccc1[N+](=O)[O-])N1C(=O)CCC1=O. The molecule has 0 radical (unpaired) electrons. The number of hydrazine groups is 1. The number of benzene rings is 2. The van der Waals surface area contributed by atoms with Gasteiger partial charge in [0.15, 0.2) is 0 Å². The molecule has 3 amide bonds. The number of carbonyl (C=O) groups is 3. The Bertz CT molecular complexity index is 913. The number of halogens is 1. The Morgan fingerprint density at radius 1 is 1.07 bits per heavy atom. The van der Waals surface area contributed by atoms with Gasteiger partial charge in [-0.3, -0.25) is 24.5 Å². The second-order valence-corrected chi connectivity index (χ2v) is 6.29. The Morgan fingerprint density at radius 2 is 1.67 bits per heavy atom. The lowest BCUT2D eigenvalue weighted by atomic mass is 10.1. The van der Waals surface area contributed by atoms with Crippen LogP contribution < -0.4 is 0 Å². The predicted octanol–water partition coefficient (Wildman–Crippen LogP) is 2.95. The van der Waals surface area contributed by atoms with Crippen LogP contribution in [0.3, 0.4) is 0 Å². The maximum Gasteiger partial charge on any atom is 0.274 e. The van der Waals surface area contributed by atoms with E-state index in [0.29, 0.717) is 5.02 Å². The van der Waals surface area contributed by atoms with Gasteiger partial charge in [-0.15, -0.1) is 0 Å². The summed E-state index contributed by atoms with van der Waals surface area (Å²) in [6.45, 7) is -0.296. The lowest BCUT2D eigenvalue weighted by Crippen LogP contribution is -2.49. The number of carbonyl (C=O) groups excluding carboxylic acids is 3. The minimum atomic E-state index is -0.631. The van der Waals surface area contributed by atoms with Crippen LogP contribution in [0.15, 0.2) is 48.5 Å². The zero-order valence-electron chi connectivity index (χ0n) is 14.0. The zero-order chi connectivity index (χ0) is 19.6. The molecule has 138 valence electrons. The van der Waals surface area contributed by atoms with E-state index in [0.717, 1.165) is 10.0 Å². The van der Waals surface area contributed by atoms with E-state index in [-0.39, 0.29) is 36.2 Å². The predicted molar refractivity (Wildman–Crippen MR) is 95.5 cm³/mol. The molecule has 0 spiro atoms. The van der Waals surface area contributed by atoms with Crippen LogP contribution in [-0.2, 0) is 16.1 Å². The maximum atomic E-state index is 13.0. The molecule has 0 saturated carbocycles. The first-order valence-electron chi connectivity index (χ1n) is 8.04. The summed E-state index contributed by atoms with van der Waals surface area (Å²) in [5, 5.41) is 13.4. The third-order valence-electron chi connectivity index (χ3n) is 4.10. The minimum Gasteiger partial charge on any atom is -0.273 e. The van der Waals surface area contributed by atoms with Gasteiger partial charge in [0, 0.05) is 29.5 Å². The van der Waals surface area contributed by atoms with E-state index in [4.69, 9.17) is 11.6 Å². The first-order valence-corrected chi connectivity index (χ1v) is 8.41. The second kappa shape index (κ2) is 7.55. The molecule has 1 aliphatic heterocycles. The molecule has 1 fully saturated rings. The van der Waals surface area contributed by atoms with Crippen molar-refractivity contribution >= 4 is 35.0 Å². The van der Waals surface area contributed by atoms with Crippen LogP contribution in [0, 0.1) is 10.1 Å². The monoisotopic (exact) mass is 387 g/mol. The molecule has 0 unspecified atom stereocenters. The molecule has 0 N–H and O–H groups in total. The molecular weight excluding hydrogens is 374 g/mol. The number of nitrogens with zero attached hydrogens (tertiary/aromatic N) is 3. The molecule has 3 rings (SSSR count). The van der Waals surface area contributed by atoms with Crippen LogP contribution in [0.2, 0.25) is 5.02 Å². The fraction of sp³-hybridized carbons (Fsp3) is 0.167. The van der Waals surface area contributed by atoms with E-state index in [2.05, 4.69) is 0 Å². The molecular formula is C18H14ClN3O5. The number of rotatable bonds is 5. The summed E-state index contributed by atoms with van der Waals surface area (Å²) in [7, 11) is 0. The summed E-state index contributed by atoms with van der Waals surface area (Å²) >= 11 is 5.84. The van der Waals surface area contributed by atoms with Gasteiger partial charge in [-0.05, 0) is 24.3 Å². The van der Waals surface area contributed by atoms with Crippen molar-refractivity contribution in [2.45, 2.75) is 19.4 Å². The number of hydrogen-bond acceptors (Lipinski definition) is 5. The highest BCUT2D eigenvalue weighted by molar-refractivity contribution is 6.30. The molecule has 0 bridgehead atoms. The summed E-state index contributed by atoms with van der Waals surface area (Å²) in [5.74, 6) is -1.68. The molecule has 27 heavy (non-hydrogen) atoms.